The normalized spacial score (nSPS) is 10.8. The molecule has 7 nitrogen and oxygen atoms in total. The van der Waals surface area contributed by atoms with Crippen molar-refractivity contribution in [3.8, 4) is 5.88 Å². The average molecular weight is 435 g/mol. The molecule has 0 spiro atoms. The Balaban J connectivity index is 1.69. The molecular formula is C23H19ClN4O3. The predicted octanol–water partition coefficient (Wildman–Crippen LogP) is 4.27. The molecule has 31 heavy (non-hydrogen) atoms. The molecule has 3 aromatic heterocycles. The summed E-state index contributed by atoms with van der Waals surface area (Å²) in [6, 6.07) is 14.1. The third kappa shape index (κ3) is 4.13. The van der Waals surface area contributed by atoms with Gasteiger partial charge in [0, 0.05) is 46.8 Å². The number of rotatable bonds is 6. The second-order valence-corrected chi connectivity index (χ2v) is 7.35. The van der Waals surface area contributed by atoms with Gasteiger partial charge in [-0.1, -0.05) is 23.7 Å². The van der Waals surface area contributed by atoms with Crippen molar-refractivity contribution >= 4 is 40.0 Å². The van der Waals surface area contributed by atoms with Crippen molar-refractivity contribution in [2.24, 2.45) is 0 Å². The number of ether oxygens (including phenoxy) is 1. The van der Waals surface area contributed by atoms with Gasteiger partial charge in [0.05, 0.1) is 12.7 Å². The highest BCUT2D eigenvalue weighted by Crippen LogP contribution is 2.26. The zero-order valence-electron chi connectivity index (χ0n) is 16.9. The van der Waals surface area contributed by atoms with Gasteiger partial charge in [-0.15, -0.1) is 0 Å². The number of Topliss-reactive ketones (excluding diaryl/α,β-unsaturated/α-hetero) is 1. The first kappa shape index (κ1) is 20.6. The quantitative estimate of drug-likeness (QED) is 0.361. The molecule has 0 aliphatic rings. The molecule has 0 radical (unpaired) electrons. The number of aromatic nitrogens is 3. The summed E-state index contributed by atoms with van der Waals surface area (Å²) < 4.78 is 6.98. The molecular weight excluding hydrogens is 416 g/mol. The van der Waals surface area contributed by atoms with Crippen LogP contribution in [0.1, 0.15) is 21.6 Å². The standard InChI is InChI=1S/C23H19ClN4O3/c1-14-20(21(29)23(30)27-17-9-11-25-19(12-17)31-2)18-4-3-10-26-22(18)28(14)13-15-5-7-16(24)8-6-15/h3-12H,13H2,1-2H3,(H,25,27,30). The van der Waals surface area contributed by atoms with Crippen molar-refractivity contribution in [2.75, 3.05) is 12.4 Å². The molecule has 4 aromatic rings. The van der Waals surface area contributed by atoms with Gasteiger partial charge in [-0.05, 0) is 42.8 Å². The maximum atomic E-state index is 13.1. The minimum absolute atomic E-state index is 0.329. The number of amides is 1. The lowest BCUT2D eigenvalue weighted by Crippen LogP contribution is -2.23. The highest BCUT2D eigenvalue weighted by Gasteiger charge is 2.26. The van der Waals surface area contributed by atoms with Crippen LogP contribution in [-0.2, 0) is 11.3 Å². The second kappa shape index (κ2) is 8.57. The van der Waals surface area contributed by atoms with E-state index in [1.165, 1.54) is 13.3 Å². The molecule has 0 aliphatic heterocycles. The number of carbonyl (C=O) groups excluding carboxylic acids is 2. The van der Waals surface area contributed by atoms with Gasteiger partial charge in [-0.2, -0.15) is 0 Å². The van der Waals surface area contributed by atoms with Crippen LogP contribution in [0.5, 0.6) is 5.88 Å². The van der Waals surface area contributed by atoms with Crippen LogP contribution in [0.25, 0.3) is 11.0 Å². The Morgan fingerprint density at radius 3 is 2.61 bits per heavy atom. The summed E-state index contributed by atoms with van der Waals surface area (Å²) in [5.74, 6) is -1.04. The zero-order chi connectivity index (χ0) is 22.0. The van der Waals surface area contributed by atoms with E-state index in [1.807, 2.05) is 35.8 Å². The fourth-order valence-electron chi connectivity index (χ4n) is 3.45. The lowest BCUT2D eigenvalue weighted by Gasteiger charge is -2.09. The number of fused-ring (bicyclic) bond motifs is 1. The Kier molecular flexibility index (Phi) is 5.68. The molecule has 3 heterocycles. The van der Waals surface area contributed by atoms with Gasteiger partial charge < -0.3 is 14.6 Å². The topological polar surface area (TPSA) is 86.1 Å². The van der Waals surface area contributed by atoms with Crippen molar-refractivity contribution in [2.45, 2.75) is 13.5 Å². The Labute approximate surface area is 183 Å². The maximum absolute atomic E-state index is 13.1. The van der Waals surface area contributed by atoms with Gasteiger partial charge in [0.25, 0.3) is 11.7 Å². The number of benzene rings is 1. The molecule has 1 N–H and O–H groups in total. The van der Waals surface area contributed by atoms with Crippen LogP contribution >= 0.6 is 11.6 Å². The average Bonchev–Trinajstić information content (AvgIpc) is 3.06. The van der Waals surface area contributed by atoms with Crippen LogP contribution in [0.2, 0.25) is 5.02 Å². The van der Waals surface area contributed by atoms with E-state index in [0.717, 1.165) is 5.56 Å². The molecule has 8 heteroatoms. The first-order valence-corrected chi connectivity index (χ1v) is 9.89. The lowest BCUT2D eigenvalue weighted by atomic mass is 10.1. The summed E-state index contributed by atoms with van der Waals surface area (Å²) in [4.78, 5) is 34.3. The number of anilines is 1. The molecule has 0 aliphatic carbocycles. The van der Waals surface area contributed by atoms with E-state index >= 15 is 0 Å². The van der Waals surface area contributed by atoms with E-state index in [1.54, 1.807) is 30.5 Å². The van der Waals surface area contributed by atoms with Crippen molar-refractivity contribution in [3.05, 3.63) is 82.8 Å². The monoisotopic (exact) mass is 434 g/mol. The van der Waals surface area contributed by atoms with Gasteiger partial charge in [0.1, 0.15) is 5.65 Å². The first-order valence-electron chi connectivity index (χ1n) is 9.52. The van der Waals surface area contributed by atoms with Crippen molar-refractivity contribution in [3.63, 3.8) is 0 Å². The van der Waals surface area contributed by atoms with Crippen LogP contribution < -0.4 is 10.1 Å². The minimum Gasteiger partial charge on any atom is -0.481 e. The number of ketones is 1. The molecule has 0 unspecified atom stereocenters. The molecule has 1 amide bonds. The molecule has 156 valence electrons. The van der Waals surface area contributed by atoms with Crippen LogP contribution in [0.4, 0.5) is 5.69 Å². The summed E-state index contributed by atoms with van der Waals surface area (Å²) in [6.45, 7) is 2.31. The molecule has 0 saturated heterocycles. The Morgan fingerprint density at radius 1 is 1.10 bits per heavy atom. The SMILES string of the molecule is COc1cc(NC(=O)C(=O)c2c(C)n(Cc3ccc(Cl)cc3)c3ncccc23)ccn1. The number of nitrogens with one attached hydrogen (secondary N) is 1. The van der Waals surface area contributed by atoms with Crippen molar-refractivity contribution in [1.29, 1.82) is 0 Å². The third-order valence-electron chi connectivity index (χ3n) is 4.97. The van der Waals surface area contributed by atoms with Gasteiger partial charge in [0.2, 0.25) is 5.88 Å². The Bertz CT molecular complexity index is 1280. The van der Waals surface area contributed by atoms with E-state index in [-0.39, 0.29) is 0 Å². The van der Waals surface area contributed by atoms with Crippen LogP contribution in [0.15, 0.2) is 60.9 Å². The number of hydrogen-bond donors (Lipinski definition) is 1. The van der Waals surface area contributed by atoms with Crippen LogP contribution in [0, 0.1) is 6.92 Å². The van der Waals surface area contributed by atoms with E-state index < -0.39 is 11.7 Å². The van der Waals surface area contributed by atoms with Crippen LogP contribution in [-0.4, -0.2) is 33.3 Å². The fraction of sp³-hybridized carbons (Fsp3) is 0.130. The summed E-state index contributed by atoms with van der Waals surface area (Å²) >= 11 is 5.99. The lowest BCUT2D eigenvalue weighted by molar-refractivity contribution is -0.112. The molecule has 0 atom stereocenters. The minimum atomic E-state index is -0.745. The summed E-state index contributed by atoms with van der Waals surface area (Å²) in [5, 5.41) is 3.89. The number of pyridine rings is 2. The maximum Gasteiger partial charge on any atom is 0.296 e. The molecule has 1 aromatic carbocycles. The number of methoxy groups -OCH3 is 1. The predicted molar refractivity (Wildman–Crippen MR) is 119 cm³/mol. The molecule has 4 rings (SSSR count). The van der Waals surface area contributed by atoms with Gasteiger partial charge in [-0.25, -0.2) is 9.97 Å². The number of halogens is 1. The number of carbonyl (C=O) groups is 2. The molecule has 0 fully saturated rings. The second-order valence-electron chi connectivity index (χ2n) is 6.92. The third-order valence-corrected chi connectivity index (χ3v) is 5.22. The van der Waals surface area contributed by atoms with E-state index in [0.29, 0.717) is 45.4 Å². The van der Waals surface area contributed by atoms with E-state index in [2.05, 4.69) is 15.3 Å². The van der Waals surface area contributed by atoms with E-state index in [4.69, 9.17) is 16.3 Å². The highest BCUT2D eigenvalue weighted by atomic mass is 35.5. The Morgan fingerprint density at radius 2 is 1.87 bits per heavy atom. The van der Waals surface area contributed by atoms with Crippen molar-refractivity contribution < 1.29 is 14.3 Å². The first-order chi connectivity index (χ1) is 15.0. The van der Waals surface area contributed by atoms with Gasteiger partial charge in [-0.3, -0.25) is 9.59 Å². The molecule has 0 bridgehead atoms. The number of nitrogens with zero attached hydrogens (tertiary/aromatic N) is 3. The molecule has 0 saturated carbocycles. The summed E-state index contributed by atoms with van der Waals surface area (Å²) in [7, 11) is 1.48. The highest BCUT2D eigenvalue weighted by molar-refractivity contribution is 6.48. The van der Waals surface area contributed by atoms with Gasteiger partial charge in [0.15, 0.2) is 0 Å². The van der Waals surface area contributed by atoms with E-state index in [9.17, 15) is 9.59 Å². The zero-order valence-corrected chi connectivity index (χ0v) is 17.7. The van der Waals surface area contributed by atoms with Gasteiger partial charge >= 0.3 is 0 Å². The largest absolute Gasteiger partial charge is 0.481 e. The number of hydrogen-bond acceptors (Lipinski definition) is 5. The summed E-state index contributed by atoms with van der Waals surface area (Å²) in [5.41, 5.74) is 3.05. The van der Waals surface area contributed by atoms with Crippen LogP contribution in [0.3, 0.4) is 0 Å². The smallest absolute Gasteiger partial charge is 0.296 e. The summed E-state index contributed by atoms with van der Waals surface area (Å²) in [6.07, 6.45) is 3.16. The fourth-order valence-corrected chi connectivity index (χ4v) is 3.57. The Hall–Kier alpha value is -3.71. The van der Waals surface area contributed by atoms with Crippen molar-refractivity contribution in [1.82, 2.24) is 14.5 Å².